The Labute approximate surface area is 165 Å². The van der Waals surface area contributed by atoms with Gasteiger partial charge < -0.3 is 10.1 Å². The molecule has 3 aromatic rings. The Kier molecular flexibility index (Phi) is 6.84. The van der Waals surface area contributed by atoms with Crippen LogP contribution in [0.2, 0.25) is 0 Å². The summed E-state index contributed by atoms with van der Waals surface area (Å²) in [5.74, 6) is 1.10. The van der Waals surface area contributed by atoms with Gasteiger partial charge in [-0.3, -0.25) is 4.79 Å². The van der Waals surface area contributed by atoms with Crippen LogP contribution in [0.5, 0.6) is 5.75 Å². The summed E-state index contributed by atoms with van der Waals surface area (Å²) in [6.07, 6.45) is 0.361. The fraction of sp³-hybridized carbons (Fsp3) is 0.200. The average Bonchev–Trinajstić information content (AvgIpc) is 3.13. The first kappa shape index (κ1) is 19.4. The van der Waals surface area contributed by atoms with Gasteiger partial charge in [0, 0.05) is 28.0 Å². The van der Waals surface area contributed by atoms with Crippen LogP contribution in [0.15, 0.2) is 58.8 Å². The number of halogens is 1. The van der Waals surface area contributed by atoms with E-state index in [-0.39, 0.29) is 11.7 Å². The van der Waals surface area contributed by atoms with Crippen LogP contribution in [0, 0.1) is 5.82 Å². The van der Waals surface area contributed by atoms with Crippen LogP contribution in [0.25, 0.3) is 11.3 Å². The largest absolute Gasteiger partial charge is 0.494 e. The monoisotopic (exact) mass is 402 g/mol. The first-order valence-corrected chi connectivity index (χ1v) is 10.4. The van der Waals surface area contributed by atoms with Crippen LogP contribution in [0.1, 0.15) is 13.3 Å². The van der Waals surface area contributed by atoms with E-state index in [1.54, 1.807) is 12.1 Å². The summed E-state index contributed by atoms with van der Waals surface area (Å²) in [6.45, 7) is 2.58. The molecule has 2 aromatic carbocycles. The number of carbonyl (C=O) groups is 1. The number of benzene rings is 2. The first-order chi connectivity index (χ1) is 13.1. The molecule has 7 heteroatoms. The van der Waals surface area contributed by atoms with Gasteiger partial charge in [-0.15, -0.1) is 23.1 Å². The zero-order valence-corrected chi connectivity index (χ0v) is 16.4. The molecule has 1 amide bonds. The number of nitrogens with one attached hydrogen (secondary N) is 1. The number of anilines is 1. The van der Waals surface area contributed by atoms with Crippen molar-refractivity contribution in [2.75, 3.05) is 17.7 Å². The van der Waals surface area contributed by atoms with Crippen molar-refractivity contribution < 1.29 is 13.9 Å². The van der Waals surface area contributed by atoms with E-state index in [1.165, 1.54) is 35.2 Å². The molecule has 27 heavy (non-hydrogen) atoms. The van der Waals surface area contributed by atoms with Crippen molar-refractivity contribution in [3.8, 4) is 17.0 Å². The number of amides is 1. The molecule has 0 aliphatic rings. The minimum Gasteiger partial charge on any atom is -0.494 e. The zero-order valence-electron chi connectivity index (χ0n) is 14.8. The summed E-state index contributed by atoms with van der Waals surface area (Å²) in [7, 11) is 0. The van der Waals surface area contributed by atoms with Crippen molar-refractivity contribution in [2.45, 2.75) is 18.2 Å². The van der Waals surface area contributed by atoms with Gasteiger partial charge in [-0.05, 0) is 55.5 Å². The summed E-state index contributed by atoms with van der Waals surface area (Å²) < 4.78 is 18.3. The molecule has 4 nitrogen and oxygen atoms in total. The molecule has 0 spiro atoms. The van der Waals surface area contributed by atoms with Crippen LogP contribution >= 0.6 is 23.1 Å². The summed E-state index contributed by atoms with van der Waals surface area (Å²) in [6, 6.07) is 14.0. The topological polar surface area (TPSA) is 51.2 Å². The Hall–Kier alpha value is -2.38. The second-order valence-corrected chi connectivity index (χ2v) is 7.62. The quantitative estimate of drug-likeness (QED) is 0.508. The fourth-order valence-corrected chi connectivity index (χ4v) is 3.91. The van der Waals surface area contributed by atoms with Crippen molar-refractivity contribution in [1.82, 2.24) is 4.98 Å². The Morgan fingerprint density at radius 2 is 1.93 bits per heavy atom. The van der Waals surface area contributed by atoms with E-state index in [2.05, 4.69) is 10.3 Å². The molecule has 3 rings (SSSR count). The van der Waals surface area contributed by atoms with Crippen LogP contribution in [0.4, 0.5) is 9.52 Å². The highest BCUT2D eigenvalue weighted by molar-refractivity contribution is 7.99. The number of thiazole rings is 1. The molecule has 0 unspecified atom stereocenters. The third-order valence-corrected chi connectivity index (χ3v) is 5.39. The molecule has 0 saturated heterocycles. The van der Waals surface area contributed by atoms with E-state index in [0.29, 0.717) is 23.9 Å². The van der Waals surface area contributed by atoms with Gasteiger partial charge in [0.05, 0.1) is 12.3 Å². The number of hydrogen-bond acceptors (Lipinski definition) is 5. The van der Waals surface area contributed by atoms with Gasteiger partial charge in [0.1, 0.15) is 11.6 Å². The average molecular weight is 403 g/mol. The van der Waals surface area contributed by atoms with E-state index >= 15 is 0 Å². The minimum atomic E-state index is -0.260. The van der Waals surface area contributed by atoms with Gasteiger partial charge in [0.2, 0.25) is 5.91 Å². The molecule has 0 fully saturated rings. The third-order valence-electron chi connectivity index (χ3n) is 3.62. The molecule has 0 atom stereocenters. The molecular formula is C20H19FN2O2S2. The lowest BCUT2D eigenvalue weighted by molar-refractivity contribution is -0.115. The van der Waals surface area contributed by atoms with Crippen LogP contribution in [-0.2, 0) is 4.79 Å². The number of thioether (sulfide) groups is 1. The van der Waals surface area contributed by atoms with Crippen molar-refractivity contribution in [2.24, 2.45) is 0 Å². The second-order valence-electron chi connectivity index (χ2n) is 5.60. The second kappa shape index (κ2) is 9.53. The zero-order chi connectivity index (χ0) is 19.1. The van der Waals surface area contributed by atoms with Crippen molar-refractivity contribution in [1.29, 1.82) is 0 Å². The highest BCUT2D eigenvalue weighted by Crippen LogP contribution is 2.27. The van der Waals surface area contributed by atoms with Gasteiger partial charge in [-0.25, -0.2) is 9.37 Å². The van der Waals surface area contributed by atoms with Crippen LogP contribution in [-0.4, -0.2) is 23.3 Å². The maximum absolute atomic E-state index is 12.9. The van der Waals surface area contributed by atoms with Gasteiger partial charge in [0.15, 0.2) is 5.13 Å². The lowest BCUT2D eigenvalue weighted by atomic mass is 10.2. The van der Waals surface area contributed by atoms with E-state index in [9.17, 15) is 9.18 Å². The Balaban J connectivity index is 1.49. The lowest BCUT2D eigenvalue weighted by Crippen LogP contribution is -2.11. The predicted molar refractivity (Wildman–Crippen MR) is 109 cm³/mol. The van der Waals surface area contributed by atoms with E-state index < -0.39 is 0 Å². The molecule has 1 N–H and O–H groups in total. The summed E-state index contributed by atoms with van der Waals surface area (Å²) in [5, 5.41) is 5.32. The molecular weight excluding hydrogens is 383 g/mol. The molecule has 0 aliphatic carbocycles. The number of rotatable bonds is 8. The smallest absolute Gasteiger partial charge is 0.226 e. The maximum Gasteiger partial charge on any atom is 0.226 e. The Morgan fingerprint density at radius 3 is 2.63 bits per heavy atom. The number of carbonyl (C=O) groups excluding carboxylic acids is 1. The van der Waals surface area contributed by atoms with Gasteiger partial charge in [-0.2, -0.15) is 0 Å². The fourth-order valence-electron chi connectivity index (χ4n) is 2.33. The predicted octanol–water partition coefficient (Wildman–Crippen LogP) is 5.47. The molecule has 0 radical (unpaired) electrons. The summed E-state index contributed by atoms with van der Waals surface area (Å²) in [4.78, 5) is 17.5. The first-order valence-electron chi connectivity index (χ1n) is 8.51. The summed E-state index contributed by atoms with van der Waals surface area (Å²) in [5.41, 5.74) is 1.79. The number of nitrogens with zero attached hydrogens (tertiary/aromatic N) is 1. The van der Waals surface area contributed by atoms with Crippen LogP contribution in [0.3, 0.4) is 0 Å². The molecule has 0 bridgehead atoms. The van der Waals surface area contributed by atoms with Crippen molar-refractivity contribution in [3.63, 3.8) is 0 Å². The third kappa shape index (κ3) is 5.80. The Bertz CT molecular complexity index is 880. The highest BCUT2D eigenvalue weighted by atomic mass is 32.2. The molecule has 1 heterocycles. The van der Waals surface area contributed by atoms with Gasteiger partial charge in [0.25, 0.3) is 0 Å². The van der Waals surface area contributed by atoms with Crippen molar-refractivity contribution in [3.05, 3.63) is 59.7 Å². The number of aromatic nitrogens is 1. The van der Waals surface area contributed by atoms with Gasteiger partial charge in [-0.1, -0.05) is 0 Å². The number of hydrogen-bond donors (Lipinski definition) is 1. The lowest BCUT2D eigenvalue weighted by Gasteiger charge is -2.03. The van der Waals surface area contributed by atoms with Crippen LogP contribution < -0.4 is 10.1 Å². The Morgan fingerprint density at radius 1 is 1.19 bits per heavy atom. The molecule has 0 aliphatic heterocycles. The molecule has 0 saturated carbocycles. The van der Waals surface area contributed by atoms with Crippen molar-refractivity contribution >= 4 is 34.1 Å². The maximum atomic E-state index is 12.9. The number of ether oxygens (including phenoxy) is 1. The van der Waals surface area contributed by atoms with E-state index in [0.717, 1.165) is 21.9 Å². The molecule has 140 valence electrons. The normalized spacial score (nSPS) is 10.6. The minimum absolute atomic E-state index is 0.0859. The van der Waals surface area contributed by atoms with E-state index in [4.69, 9.17) is 4.74 Å². The SMILES string of the molecule is CCOc1ccc(-c2csc(NC(=O)CCSc3ccc(F)cc3)n2)cc1. The van der Waals surface area contributed by atoms with E-state index in [1.807, 2.05) is 36.6 Å². The molecule has 1 aromatic heterocycles. The highest BCUT2D eigenvalue weighted by Gasteiger charge is 2.09. The van der Waals surface area contributed by atoms with Gasteiger partial charge >= 0.3 is 0 Å². The summed E-state index contributed by atoms with van der Waals surface area (Å²) >= 11 is 2.91. The standard InChI is InChI=1S/C20H19FN2O2S2/c1-2-25-16-7-3-14(4-8-16)18-13-27-20(22-18)23-19(24)11-12-26-17-9-5-15(21)6-10-17/h3-10,13H,2,11-12H2,1H3,(H,22,23,24).